The number of rotatable bonds is 4. The van der Waals surface area contributed by atoms with Crippen molar-refractivity contribution in [3.63, 3.8) is 0 Å². The first-order valence-corrected chi connectivity index (χ1v) is 9.20. The van der Waals surface area contributed by atoms with Crippen molar-refractivity contribution in [3.8, 4) is 0 Å². The lowest BCUT2D eigenvalue weighted by molar-refractivity contribution is -0.131. The molecule has 0 N–H and O–H groups in total. The summed E-state index contributed by atoms with van der Waals surface area (Å²) in [6.07, 6.45) is 0.591. The molecule has 0 spiro atoms. The average molecular weight is 336 g/mol. The van der Waals surface area contributed by atoms with Crippen LogP contribution in [0.5, 0.6) is 0 Å². The minimum atomic E-state index is 0.269. The molecule has 0 aliphatic carbocycles. The first-order chi connectivity index (χ1) is 12.1. The number of aryl methyl sites for hydroxylation is 1. The van der Waals surface area contributed by atoms with Crippen molar-refractivity contribution in [1.29, 1.82) is 0 Å². The summed E-state index contributed by atoms with van der Waals surface area (Å²) in [7, 11) is 0. The number of anilines is 1. The highest BCUT2D eigenvalue weighted by atomic mass is 16.2. The number of hydrogen-bond donors (Lipinski definition) is 0. The van der Waals surface area contributed by atoms with Gasteiger partial charge in [-0.1, -0.05) is 49.4 Å². The first kappa shape index (κ1) is 17.5. The molecular formula is C22H28N2O. The summed E-state index contributed by atoms with van der Waals surface area (Å²) in [5, 5.41) is 0. The van der Waals surface area contributed by atoms with Gasteiger partial charge in [-0.3, -0.25) is 4.79 Å². The molecule has 2 aromatic carbocycles. The highest BCUT2D eigenvalue weighted by molar-refractivity contribution is 5.77. The van der Waals surface area contributed by atoms with Crippen LogP contribution in [0.4, 0.5) is 5.69 Å². The molecule has 0 radical (unpaired) electrons. The van der Waals surface area contributed by atoms with Crippen molar-refractivity contribution < 1.29 is 4.79 Å². The zero-order valence-corrected chi connectivity index (χ0v) is 15.5. The van der Waals surface area contributed by atoms with Crippen LogP contribution in [-0.4, -0.2) is 37.0 Å². The van der Waals surface area contributed by atoms with Crippen molar-refractivity contribution in [2.24, 2.45) is 0 Å². The van der Waals surface area contributed by atoms with E-state index < -0.39 is 0 Å². The predicted molar refractivity (Wildman–Crippen MR) is 104 cm³/mol. The smallest absolute Gasteiger partial charge is 0.223 e. The van der Waals surface area contributed by atoms with Gasteiger partial charge >= 0.3 is 0 Å². The molecule has 1 aliphatic heterocycles. The van der Waals surface area contributed by atoms with Crippen LogP contribution in [0.3, 0.4) is 0 Å². The monoisotopic (exact) mass is 336 g/mol. The molecule has 0 aromatic heterocycles. The average Bonchev–Trinajstić information content (AvgIpc) is 2.65. The number of piperazine rings is 1. The summed E-state index contributed by atoms with van der Waals surface area (Å²) in [6, 6.07) is 16.8. The van der Waals surface area contributed by atoms with E-state index in [1.165, 1.54) is 22.4 Å². The third kappa shape index (κ3) is 4.04. The van der Waals surface area contributed by atoms with Gasteiger partial charge in [0.05, 0.1) is 0 Å². The van der Waals surface area contributed by atoms with Crippen molar-refractivity contribution in [2.75, 3.05) is 31.1 Å². The van der Waals surface area contributed by atoms with E-state index in [0.29, 0.717) is 6.42 Å². The maximum atomic E-state index is 12.7. The Morgan fingerprint density at radius 2 is 1.64 bits per heavy atom. The zero-order valence-electron chi connectivity index (χ0n) is 15.5. The molecule has 3 rings (SSSR count). The summed E-state index contributed by atoms with van der Waals surface area (Å²) in [6.45, 7) is 9.93. The van der Waals surface area contributed by atoms with Gasteiger partial charge < -0.3 is 9.80 Å². The van der Waals surface area contributed by atoms with Crippen molar-refractivity contribution in [2.45, 2.75) is 33.1 Å². The van der Waals surface area contributed by atoms with E-state index in [1.54, 1.807) is 0 Å². The molecule has 132 valence electrons. The Bertz CT molecular complexity index is 718. The van der Waals surface area contributed by atoms with Crippen molar-refractivity contribution in [1.82, 2.24) is 4.90 Å². The lowest BCUT2D eigenvalue weighted by atomic mass is 9.97. The molecule has 1 amide bonds. The summed E-state index contributed by atoms with van der Waals surface area (Å²) >= 11 is 0. The lowest BCUT2D eigenvalue weighted by Gasteiger charge is -2.37. The Kier molecular flexibility index (Phi) is 5.42. The summed E-state index contributed by atoms with van der Waals surface area (Å²) in [5.41, 5.74) is 5.22. The van der Waals surface area contributed by atoms with Crippen LogP contribution in [0.15, 0.2) is 48.5 Å². The molecule has 1 atom stereocenters. The maximum absolute atomic E-state index is 12.7. The topological polar surface area (TPSA) is 23.6 Å². The van der Waals surface area contributed by atoms with Gasteiger partial charge in [0.25, 0.3) is 0 Å². The van der Waals surface area contributed by atoms with Gasteiger partial charge in [-0.25, -0.2) is 0 Å². The van der Waals surface area contributed by atoms with Crippen LogP contribution < -0.4 is 4.90 Å². The summed E-state index contributed by atoms with van der Waals surface area (Å²) in [4.78, 5) is 17.1. The summed E-state index contributed by atoms with van der Waals surface area (Å²) in [5.74, 6) is 0.544. The molecule has 3 heteroatoms. The Balaban J connectivity index is 1.57. The Hall–Kier alpha value is -2.29. The third-order valence-electron chi connectivity index (χ3n) is 5.40. The second-order valence-corrected chi connectivity index (χ2v) is 7.10. The van der Waals surface area contributed by atoms with Gasteiger partial charge in [0.15, 0.2) is 0 Å². The number of nitrogens with zero attached hydrogens (tertiary/aromatic N) is 2. The van der Waals surface area contributed by atoms with E-state index >= 15 is 0 Å². The van der Waals surface area contributed by atoms with E-state index in [9.17, 15) is 4.79 Å². The molecule has 0 saturated carbocycles. The quantitative estimate of drug-likeness (QED) is 0.837. The zero-order chi connectivity index (χ0) is 17.8. The van der Waals surface area contributed by atoms with Gasteiger partial charge in [-0.15, -0.1) is 0 Å². The van der Waals surface area contributed by atoms with Crippen molar-refractivity contribution in [3.05, 3.63) is 65.2 Å². The molecular weight excluding hydrogens is 308 g/mol. The van der Waals surface area contributed by atoms with Crippen LogP contribution in [0.25, 0.3) is 0 Å². The fourth-order valence-corrected chi connectivity index (χ4v) is 3.57. The van der Waals surface area contributed by atoms with Gasteiger partial charge in [-0.05, 0) is 42.5 Å². The highest BCUT2D eigenvalue weighted by Gasteiger charge is 2.23. The number of amides is 1. The van der Waals surface area contributed by atoms with Gasteiger partial charge in [-0.2, -0.15) is 0 Å². The van der Waals surface area contributed by atoms with E-state index in [1.807, 2.05) is 23.1 Å². The molecule has 2 aromatic rings. The minimum Gasteiger partial charge on any atom is -0.368 e. The Morgan fingerprint density at radius 1 is 0.960 bits per heavy atom. The highest BCUT2D eigenvalue weighted by Crippen LogP contribution is 2.25. The number of hydrogen-bond acceptors (Lipinski definition) is 2. The molecule has 25 heavy (non-hydrogen) atoms. The van der Waals surface area contributed by atoms with E-state index in [-0.39, 0.29) is 11.8 Å². The van der Waals surface area contributed by atoms with Gasteiger partial charge in [0, 0.05) is 38.3 Å². The second-order valence-electron chi connectivity index (χ2n) is 7.10. The predicted octanol–water partition coefficient (Wildman–Crippen LogP) is 4.15. The molecule has 1 saturated heterocycles. The fourth-order valence-electron chi connectivity index (χ4n) is 3.57. The standard InChI is InChI=1S/C22H28N2O/c1-17-8-7-11-21(19(17)3)23-12-14-24(15-13-23)22(25)16-18(2)20-9-5-4-6-10-20/h4-11,18H,12-16H2,1-3H3/t18-/m0/s1. The van der Waals surface area contributed by atoms with E-state index in [2.05, 4.69) is 56.0 Å². The van der Waals surface area contributed by atoms with Gasteiger partial charge in [0.2, 0.25) is 5.91 Å². The normalized spacial score (nSPS) is 16.0. The van der Waals surface area contributed by atoms with Crippen LogP contribution in [-0.2, 0) is 4.79 Å². The molecule has 1 heterocycles. The van der Waals surface area contributed by atoms with Crippen LogP contribution in [0.1, 0.15) is 36.0 Å². The minimum absolute atomic E-state index is 0.269. The fraction of sp³-hybridized carbons (Fsp3) is 0.409. The molecule has 1 fully saturated rings. The van der Waals surface area contributed by atoms with Crippen molar-refractivity contribution >= 4 is 11.6 Å². The second kappa shape index (κ2) is 7.73. The summed E-state index contributed by atoms with van der Waals surface area (Å²) < 4.78 is 0. The van der Waals surface area contributed by atoms with Crippen LogP contribution in [0, 0.1) is 13.8 Å². The first-order valence-electron chi connectivity index (χ1n) is 9.20. The van der Waals surface area contributed by atoms with Crippen LogP contribution >= 0.6 is 0 Å². The molecule has 0 bridgehead atoms. The largest absolute Gasteiger partial charge is 0.368 e. The number of carbonyl (C=O) groups excluding carboxylic acids is 1. The van der Waals surface area contributed by atoms with Gasteiger partial charge in [0.1, 0.15) is 0 Å². The number of benzene rings is 2. The van der Waals surface area contributed by atoms with E-state index in [0.717, 1.165) is 26.2 Å². The third-order valence-corrected chi connectivity index (χ3v) is 5.40. The number of carbonyl (C=O) groups is 1. The Morgan fingerprint density at radius 3 is 2.32 bits per heavy atom. The lowest BCUT2D eigenvalue weighted by Crippen LogP contribution is -2.49. The molecule has 3 nitrogen and oxygen atoms in total. The maximum Gasteiger partial charge on any atom is 0.223 e. The van der Waals surface area contributed by atoms with E-state index in [4.69, 9.17) is 0 Å². The molecule has 0 unspecified atom stereocenters. The molecule has 1 aliphatic rings. The SMILES string of the molecule is Cc1cccc(N2CCN(C(=O)C[C@H](C)c3ccccc3)CC2)c1C. The van der Waals surface area contributed by atoms with Crippen LogP contribution in [0.2, 0.25) is 0 Å². The Labute approximate surface area is 151 Å².